The van der Waals surface area contributed by atoms with Crippen LogP contribution in [0, 0.1) is 5.92 Å². The number of ketones is 1. The van der Waals surface area contributed by atoms with E-state index in [0.29, 0.717) is 17.7 Å². The molecule has 2 aromatic carbocycles. The summed E-state index contributed by atoms with van der Waals surface area (Å²) in [5, 5.41) is 2.77. The minimum atomic E-state index is -0.407. The van der Waals surface area contributed by atoms with Gasteiger partial charge in [0.2, 0.25) is 0 Å². The van der Waals surface area contributed by atoms with Gasteiger partial charge in [0.1, 0.15) is 6.54 Å². The van der Waals surface area contributed by atoms with Gasteiger partial charge in [0.05, 0.1) is 7.11 Å². The first-order valence-electron chi connectivity index (χ1n) is 8.70. The second kappa shape index (κ2) is 8.39. The van der Waals surface area contributed by atoms with Crippen molar-refractivity contribution in [2.45, 2.75) is 18.6 Å². The number of methoxy groups -OCH3 is 1. The topological polar surface area (TPSA) is 72.5 Å². The van der Waals surface area contributed by atoms with Gasteiger partial charge in [0, 0.05) is 29.3 Å². The molecule has 0 fully saturated rings. The zero-order valence-corrected chi connectivity index (χ0v) is 16.0. The van der Waals surface area contributed by atoms with Crippen LogP contribution in [0.5, 0.6) is 0 Å². The smallest absolute Gasteiger partial charge is 0.325 e. The maximum atomic E-state index is 13.4. The molecule has 27 heavy (non-hydrogen) atoms. The average Bonchev–Trinajstić information content (AvgIpc) is 3.03. The molecule has 0 saturated carbocycles. The molecule has 0 bridgehead atoms. The highest BCUT2D eigenvalue weighted by molar-refractivity contribution is 8.13. The quantitative estimate of drug-likeness (QED) is 0.606. The number of hydrogen-bond acceptors (Lipinski definition) is 6. The van der Waals surface area contributed by atoms with E-state index in [4.69, 9.17) is 0 Å². The van der Waals surface area contributed by atoms with Crippen molar-refractivity contribution < 1.29 is 19.1 Å². The van der Waals surface area contributed by atoms with Crippen LogP contribution in [0.1, 0.15) is 33.7 Å². The lowest BCUT2D eigenvalue weighted by molar-refractivity contribution is -0.138. The van der Waals surface area contributed by atoms with Crippen LogP contribution in [-0.4, -0.2) is 30.5 Å². The zero-order chi connectivity index (χ0) is 19.4. The van der Waals surface area contributed by atoms with Gasteiger partial charge in [0.15, 0.2) is 10.9 Å². The van der Waals surface area contributed by atoms with Crippen LogP contribution in [0.3, 0.4) is 0 Å². The van der Waals surface area contributed by atoms with Gasteiger partial charge in [-0.25, -0.2) is 0 Å². The van der Waals surface area contributed by atoms with Crippen molar-refractivity contribution in [3.8, 4) is 0 Å². The molecule has 6 heteroatoms. The maximum Gasteiger partial charge on any atom is 0.325 e. The predicted molar refractivity (Wildman–Crippen MR) is 106 cm³/mol. The highest BCUT2D eigenvalue weighted by Crippen LogP contribution is 2.47. The van der Waals surface area contributed by atoms with E-state index in [1.807, 2.05) is 30.3 Å². The number of esters is 1. The molecular formula is C21H21NO4S. The van der Waals surface area contributed by atoms with E-state index >= 15 is 0 Å². The molecule has 0 spiro atoms. The van der Waals surface area contributed by atoms with Gasteiger partial charge >= 0.3 is 5.97 Å². The van der Waals surface area contributed by atoms with Crippen LogP contribution in [0.2, 0.25) is 0 Å². The number of carbonyl (C=O) groups is 3. The van der Waals surface area contributed by atoms with Crippen LogP contribution >= 0.6 is 11.8 Å². The number of hydrogen-bond donors (Lipinski definition) is 1. The SMILES string of the molecule is COC(=O)CNc1ccccc1C(=O)C1Cc2ccccc2C1SC(C)=O. The Balaban J connectivity index is 1.89. The number of fused-ring (bicyclic) bond motifs is 1. The fourth-order valence-electron chi connectivity index (χ4n) is 3.40. The summed E-state index contributed by atoms with van der Waals surface area (Å²) in [6.45, 7) is 1.51. The molecule has 1 aliphatic carbocycles. The van der Waals surface area contributed by atoms with Crippen molar-refractivity contribution in [3.05, 3.63) is 65.2 Å². The van der Waals surface area contributed by atoms with Gasteiger partial charge in [-0.15, -0.1) is 0 Å². The third-order valence-electron chi connectivity index (χ3n) is 4.64. The second-order valence-electron chi connectivity index (χ2n) is 6.38. The fourth-order valence-corrected chi connectivity index (χ4v) is 4.50. The number of anilines is 1. The third kappa shape index (κ3) is 4.22. The van der Waals surface area contributed by atoms with Crippen LogP contribution in [-0.2, 0) is 20.7 Å². The van der Waals surface area contributed by atoms with Crippen molar-refractivity contribution >= 4 is 34.3 Å². The number of para-hydroxylation sites is 1. The Morgan fingerprint density at radius 3 is 2.56 bits per heavy atom. The number of ether oxygens (including phenoxy) is 1. The second-order valence-corrected chi connectivity index (χ2v) is 7.70. The standard InChI is InChI=1S/C21H21NO4S/c1-13(23)27-21-15-8-4-3-7-14(15)11-17(21)20(25)16-9-5-6-10-18(16)22-12-19(24)26-2/h3-10,17,21-22H,11-12H2,1-2H3. The number of carbonyl (C=O) groups excluding carboxylic acids is 3. The molecule has 2 unspecified atom stereocenters. The van der Waals surface area contributed by atoms with Gasteiger partial charge in [-0.1, -0.05) is 48.2 Å². The van der Waals surface area contributed by atoms with E-state index < -0.39 is 5.97 Å². The number of thioether (sulfide) groups is 1. The Hall–Kier alpha value is -2.60. The molecule has 5 nitrogen and oxygen atoms in total. The third-order valence-corrected chi connectivity index (χ3v) is 5.81. The molecule has 140 valence electrons. The van der Waals surface area contributed by atoms with Crippen molar-refractivity contribution in [2.75, 3.05) is 19.0 Å². The lowest BCUT2D eigenvalue weighted by Gasteiger charge is -2.19. The summed E-state index contributed by atoms with van der Waals surface area (Å²) in [7, 11) is 1.32. The van der Waals surface area contributed by atoms with E-state index in [0.717, 1.165) is 11.1 Å². The zero-order valence-electron chi connectivity index (χ0n) is 15.2. The molecule has 1 aliphatic rings. The van der Waals surface area contributed by atoms with E-state index in [-0.39, 0.29) is 28.6 Å². The van der Waals surface area contributed by atoms with Gasteiger partial charge in [-0.2, -0.15) is 0 Å². The van der Waals surface area contributed by atoms with E-state index in [1.165, 1.54) is 25.8 Å². The highest BCUT2D eigenvalue weighted by atomic mass is 32.2. The van der Waals surface area contributed by atoms with E-state index in [1.54, 1.807) is 18.2 Å². The molecule has 3 rings (SSSR count). The van der Waals surface area contributed by atoms with Gasteiger partial charge in [-0.3, -0.25) is 14.4 Å². The Morgan fingerprint density at radius 2 is 1.81 bits per heavy atom. The molecule has 0 saturated heterocycles. The van der Waals surface area contributed by atoms with Crippen LogP contribution in [0.15, 0.2) is 48.5 Å². The van der Waals surface area contributed by atoms with Gasteiger partial charge < -0.3 is 10.1 Å². The Morgan fingerprint density at radius 1 is 1.11 bits per heavy atom. The number of Topliss-reactive ketones (excluding diaryl/α,β-unsaturated/α-hetero) is 1. The lowest BCUT2D eigenvalue weighted by atomic mass is 9.93. The largest absolute Gasteiger partial charge is 0.468 e. The average molecular weight is 383 g/mol. The van der Waals surface area contributed by atoms with Crippen molar-refractivity contribution in [2.24, 2.45) is 5.92 Å². The molecule has 0 aliphatic heterocycles. The van der Waals surface area contributed by atoms with Gasteiger partial charge in [0.25, 0.3) is 0 Å². The summed E-state index contributed by atoms with van der Waals surface area (Å²) >= 11 is 1.21. The fraction of sp³-hybridized carbons (Fsp3) is 0.286. The number of nitrogens with one attached hydrogen (secondary N) is 1. The summed E-state index contributed by atoms with van der Waals surface area (Å²) in [5.41, 5.74) is 3.27. The normalized spacial score (nSPS) is 17.9. The first-order chi connectivity index (χ1) is 13.0. The lowest BCUT2D eigenvalue weighted by Crippen LogP contribution is -2.22. The van der Waals surface area contributed by atoms with Gasteiger partial charge in [-0.05, 0) is 29.7 Å². The van der Waals surface area contributed by atoms with E-state index in [2.05, 4.69) is 10.1 Å². The summed E-state index contributed by atoms with van der Waals surface area (Å²) in [6.07, 6.45) is 0.602. The minimum Gasteiger partial charge on any atom is -0.468 e. The van der Waals surface area contributed by atoms with E-state index in [9.17, 15) is 14.4 Å². The molecular weight excluding hydrogens is 362 g/mol. The predicted octanol–water partition coefficient (Wildman–Crippen LogP) is 3.65. The summed E-state index contributed by atoms with van der Waals surface area (Å²) in [4.78, 5) is 36.6. The van der Waals surface area contributed by atoms with Crippen molar-refractivity contribution in [1.82, 2.24) is 0 Å². The molecule has 0 radical (unpaired) electrons. The monoisotopic (exact) mass is 383 g/mol. The molecule has 2 atom stereocenters. The molecule has 0 aromatic heterocycles. The van der Waals surface area contributed by atoms with Crippen molar-refractivity contribution in [1.29, 1.82) is 0 Å². The Labute approximate surface area is 162 Å². The summed E-state index contributed by atoms with van der Waals surface area (Å²) < 4.78 is 4.65. The Bertz CT molecular complexity index is 880. The molecule has 2 aromatic rings. The molecule has 0 heterocycles. The molecule has 1 N–H and O–H groups in total. The van der Waals surface area contributed by atoms with Crippen LogP contribution in [0.25, 0.3) is 0 Å². The van der Waals surface area contributed by atoms with Crippen LogP contribution < -0.4 is 5.32 Å². The first-order valence-corrected chi connectivity index (χ1v) is 9.58. The Kier molecular flexibility index (Phi) is 5.96. The number of rotatable bonds is 6. The summed E-state index contributed by atoms with van der Waals surface area (Å²) in [5.74, 6) is -0.758. The maximum absolute atomic E-state index is 13.4. The van der Waals surface area contributed by atoms with Crippen LogP contribution in [0.4, 0.5) is 5.69 Å². The molecule has 0 amide bonds. The minimum absolute atomic E-state index is 0.00777. The number of benzene rings is 2. The highest BCUT2D eigenvalue weighted by Gasteiger charge is 2.39. The first kappa shape index (κ1) is 19.2. The summed E-state index contributed by atoms with van der Waals surface area (Å²) in [6, 6.07) is 15.0. The van der Waals surface area contributed by atoms with Crippen molar-refractivity contribution in [3.63, 3.8) is 0 Å².